The molecule has 0 saturated heterocycles. The molecule has 0 aliphatic rings. The van der Waals surface area contributed by atoms with Gasteiger partial charge >= 0.3 is 51.4 Å². The quantitative estimate of drug-likeness (QED) is 0.230. The summed E-state index contributed by atoms with van der Waals surface area (Å²) in [5, 5.41) is 8.48. The Hall–Kier alpha value is 1.51. The Bertz CT molecular complexity index is 372. The molecule has 2 unspecified atom stereocenters. The minimum atomic E-state index is -4.18. The van der Waals surface area contributed by atoms with Gasteiger partial charge < -0.3 is 9.66 Å². The van der Waals surface area contributed by atoms with Gasteiger partial charge in [-0.25, -0.2) is 8.42 Å². The van der Waals surface area contributed by atoms with Gasteiger partial charge in [0.25, 0.3) is 0 Å². The molecule has 2 atom stereocenters. The minimum absolute atomic E-state index is 0. The molecular formula is C19H39KO4S. The van der Waals surface area contributed by atoms with E-state index in [2.05, 4.69) is 6.92 Å². The van der Waals surface area contributed by atoms with Crippen LogP contribution in [0, 0.1) is 0 Å². The van der Waals surface area contributed by atoms with E-state index in [-0.39, 0.29) is 57.5 Å². The molecule has 1 N–H and O–H groups in total. The molecule has 25 heavy (non-hydrogen) atoms. The van der Waals surface area contributed by atoms with Crippen LogP contribution in [0.4, 0.5) is 0 Å². The second kappa shape index (κ2) is 18.9. The first-order chi connectivity index (χ1) is 11.4. The zero-order valence-corrected chi connectivity index (χ0v) is 20.8. The van der Waals surface area contributed by atoms with Gasteiger partial charge in [-0.15, -0.1) is 0 Å². The monoisotopic (exact) mass is 402 g/mol. The Labute approximate surface area is 199 Å². The van der Waals surface area contributed by atoms with Crippen molar-refractivity contribution in [2.24, 2.45) is 0 Å². The maximum absolute atomic E-state index is 11.4. The van der Waals surface area contributed by atoms with E-state index in [9.17, 15) is 18.1 Å². The van der Waals surface area contributed by atoms with Crippen molar-refractivity contribution in [3.8, 4) is 0 Å². The molecule has 0 radical (unpaired) electrons. The zero-order chi connectivity index (χ0) is 18.3. The molecule has 0 fully saturated rings. The van der Waals surface area contributed by atoms with Crippen molar-refractivity contribution >= 4 is 10.1 Å². The van der Waals surface area contributed by atoms with Gasteiger partial charge in [-0.3, -0.25) is 0 Å². The summed E-state index contributed by atoms with van der Waals surface area (Å²) >= 11 is 0. The van der Waals surface area contributed by atoms with Crippen LogP contribution in [0.15, 0.2) is 0 Å². The molecule has 6 heteroatoms. The summed E-state index contributed by atoms with van der Waals surface area (Å²) in [7, 11) is -4.18. The first-order valence-electron chi connectivity index (χ1n) is 10.0. The number of aliphatic hydroxyl groups excluding tert-OH is 1. The van der Waals surface area contributed by atoms with Crippen molar-refractivity contribution in [3.05, 3.63) is 0 Å². The second-order valence-electron chi connectivity index (χ2n) is 7.22. The van der Waals surface area contributed by atoms with E-state index in [0.29, 0.717) is 12.8 Å². The van der Waals surface area contributed by atoms with E-state index >= 15 is 0 Å². The normalized spacial score (nSPS) is 14.1. The summed E-state index contributed by atoms with van der Waals surface area (Å²) in [6.45, 7) is 3.97. The summed E-state index contributed by atoms with van der Waals surface area (Å²) in [4.78, 5) is 0. The number of hydrogen-bond acceptors (Lipinski definition) is 4. The van der Waals surface area contributed by atoms with Crippen molar-refractivity contribution in [3.63, 3.8) is 0 Å². The fourth-order valence-electron chi connectivity index (χ4n) is 3.10. The van der Waals surface area contributed by atoms with E-state index in [1.54, 1.807) is 6.92 Å². The Morgan fingerprint density at radius 2 is 1.12 bits per heavy atom. The van der Waals surface area contributed by atoms with Crippen LogP contribution in [0.25, 0.3) is 0 Å². The molecule has 0 heterocycles. The maximum Gasteiger partial charge on any atom is 1.00 e. The van der Waals surface area contributed by atoms with Gasteiger partial charge in [-0.1, -0.05) is 84.0 Å². The molecule has 0 spiro atoms. The van der Waals surface area contributed by atoms with Gasteiger partial charge in [0, 0.05) is 5.25 Å². The molecule has 0 rings (SSSR count). The van der Waals surface area contributed by atoms with Crippen molar-refractivity contribution < 1.29 is 69.5 Å². The Morgan fingerprint density at radius 3 is 1.52 bits per heavy atom. The summed E-state index contributed by atoms with van der Waals surface area (Å²) in [6, 6.07) is 0. The van der Waals surface area contributed by atoms with Crippen LogP contribution in [0.5, 0.6) is 0 Å². The van der Waals surface area contributed by atoms with E-state index in [1.807, 2.05) is 0 Å². The van der Waals surface area contributed by atoms with Gasteiger partial charge in [0.15, 0.2) is 0 Å². The SMILES string of the molecule is CCCCCCCCCCCC(CCCCCC(C)O)S(=O)(=O)[O-].[K+]. The third-order valence-electron chi connectivity index (χ3n) is 4.69. The predicted molar refractivity (Wildman–Crippen MR) is 100 cm³/mol. The summed E-state index contributed by atoms with van der Waals surface area (Å²) < 4.78 is 34.1. The maximum atomic E-state index is 11.4. The Balaban J connectivity index is 0. The summed E-state index contributed by atoms with van der Waals surface area (Å²) in [5.74, 6) is 0. The second-order valence-corrected chi connectivity index (χ2v) is 8.87. The number of unbranched alkanes of at least 4 members (excludes halogenated alkanes) is 10. The van der Waals surface area contributed by atoms with Crippen molar-refractivity contribution in [1.82, 2.24) is 0 Å². The smallest absolute Gasteiger partial charge is 0.748 e. The Morgan fingerprint density at radius 1 is 0.760 bits per heavy atom. The van der Waals surface area contributed by atoms with Gasteiger partial charge in [0.05, 0.1) is 16.2 Å². The number of aliphatic hydroxyl groups is 1. The minimum Gasteiger partial charge on any atom is -0.748 e. The predicted octanol–water partition coefficient (Wildman–Crippen LogP) is 2.16. The van der Waals surface area contributed by atoms with Gasteiger partial charge in [-0.05, 0) is 26.2 Å². The number of hydrogen-bond donors (Lipinski definition) is 1. The molecule has 0 aliphatic heterocycles. The molecule has 0 bridgehead atoms. The van der Waals surface area contributed by atoms with E-state index in [0.717, 1.165) is 44.9 Å². The van der Waals surface area contributed by atoms with Crippen molar-refractivity contribution in [2.45, 2.75) is 122 Å². The van der Waals surface area contributed by atoms with Crippen LogP contribution in [0.3, 0.4) is 0 Å². The fraction of sp³-hybridized carbons (Fsp3) is 1.00. The van der Waals surface area contributed by atoms with Crippen LogP contribution in [0.2, 0.25) is 0 Å². The average Bonchev–Trinajstić information content (AvgIpc) is 2.49. The first-order valence-corrected chi connectivity index (χ1v) is 11.5. The molecule has 0 aliphatic carbocycles. The van der Waals surface area contributed by atoms with Gasteiger partial charge in [-0.2, -0.15) is 0 Å². The number of rotatable bonds is 17. The average molecular weight is 403 g/mol. The summed E-state index contributed by atoms with van der Waals surface area (Å²) in [5.41, 5.74) is 0. The van der Waals surface area contributed by atoms with E-state index in [4.69, 9.17) is 0 Å². The zero-order valence-electron chi connectivity index (χ0n) is 16.8. The van der Waals surface area contributed by atoms with Crippen LogP contribution in [-0.2, 0) is 10.1 Å². The standard InChI is InChI=1S/C19H40O4S.K/c1-3-4-5-6-7-8-9-10-13-16-19(24(21,22)23)17-14-11-12-15-18(2)20;/h18-20H,3-17H2,1-2H3,(H,21,22,23);/q;+1/p-1. The van der Waals surface area contributed by atoms with E-state index in [1.165, 1.54) is 38.5 Å². The third-order valence-corrected chi connectivity index (χ3v) is 5.97. The molecule has 0 aromatic carbocycles. The molecular weight excluding hydrogens is 363 g/mol. The van der Waals surface area contributed by atoms with E-state index < -0.39 is 15.4 Å². The fourth-order valence-corrected chi connectivity index (χ4v) is 4.01. The van der Waals surface area contributed by atoms with Crippen molar-refractivity contribution in [2.75, 3.05) is 0 Å². The third kappa shape index (κ3) is 20.1. The molecule has 0 amide bonds. The largest absolute Gasteiger partial charge is 1.00 e. The molecule has 0 aromatic heterocycles. The first kappa shape index (κ1) is 28.7. The van der Waals surface area contributed by atoms with Crippen LogP contribution >= 0.6 is 0 Å². The molecule has 146 valence electrons. The van der Waals surface area contributed by atoms with Crippen LogP contribution in [0.1, 0.15) is 110 Å². The topological polar surface area (TPSA) is 77.4 Å². The Kier molecular flexibility index (Phi) is 21.7. The molecule has 0 saturated carbocycles. The van der Waals surface area contributed by atoms with Crippen LogP contribution < -0.4 is 51.4 Å². The van der Waals surface area contributed by atoms with Crippen LogP contribution in [-0.4, -0.2) is 29.4 Å². The van der Waals surface area contributed by atoms with Gasteiger partial charge in [0.2, 0.25) is 0 Å². The van der Waals surface area contributed by atoms with Crippen molar-refractivity contribution in [1.29, 1.82) is 0 Å². The molecule has 4 nitrogen and oxygen atoms in total. The molecule has 0 aromatic rings. The van der Waals surface area contributed by atoms with Gasteiger partial charge in [0.1, 0.15) is 0 Å². The summed E-state index contributed by atoms with van der Waals surface area (Å²) in [6.07, 6.45) is 14.7.